The first kappa shape index (κ1) is 23.6. The number of aryl methyl sites for hydroxylation is 2. The van der Waals surface area contributed by atoms with Crippen molar-refractivity contribution >= 4 is 40.0 Å². The van der Waals surface area contributed by atoms with Crippen molar-refractivity contribution in [2.75, 3.05) is 16.0 Å². The lowest BCUT2D eigenvalue weighted by Crippen LogP contribution is -2.22. The highest BCUT2D eigenvalue weighted by Gasteiger charge is 2.17. The molecule has 0 aliphatic heterocycles. The third-order valence-corrected chi connectivity index (χ3v) is 5.48. The Morgan fingerprint density at radius 2 is 1.74 bits per heavy atom. The zero-order valence-corrected chi connectivity index (χ0v) is 19.5. The minimum atomic E-state index is -0.618. The van der Waals surface area contributed by atoms with Gasteiger partial charge in [0.1, 0.15) is 11.6 Å². The number of amides is 3. The summed E-state index contributed by atoms with van der Waals surface area (Å²) >= 11 is 0. The second kappa shape index (κ2) is 9.76. The Labute approximate surface area is 200 Å². The molecule has 0 fully saturated rings. The number of carbonyl (C=O) groups is 2. The number of pyridine rings is 2. The van der Waals surface area contributed by atoms with Crippen molar-refractivity contribution in [3.8, 4) is 11.1 Å². The van der Waals surface area contributed by atoms with Crippen LogP contribution in [0, 0.1) is 12.7 Å². The van der Waals surface area contributed by atoms with E-state index in [-0.39, 0.29) is 17.2 Å². The first-order valence-corrected chi connectivity index (χ1v) is 11.0. The van der Waals surface area contributed by atoms with Gasteiger partial charge < -0.3 is 20.5 Å². The van der Waals surface area contributed by atoms with E-state index in [0.717, 1.165) is 0 Å². The van der Waals surface area contributed by atoms with Gasteiger partial charge in [-0.3, -0.25) is 9.59 Å². The summed E-state index contributed by atoms with van der Waals surface area (Å²) in [6, 6.07) is 14.2. The molecule has 0 bridgehead atoms. The number of rotatable bonds is 5. The molecule has 178 valence electrons. The summed E-state index contributed by atoms with van der Waals surface area (Å²) in [5.41, 5.74) is 2.21. The van der Waals surface area contributed by atoms with Gasteiger partial charge in [0.2, 0.25) is 5.91 Å². The van der Waals surface area contributed by atoms with Gasteiger partial charge in [-0.1, -0.05) is 18.2 Å². The Bertz CT molecular complexity index is 1500. The first-order chi connectivity index (χ1) is 16.8. The number of fused-ring (bicyclic) bond motifs is 1. The van der Waals surface area contributed by atoms with Crippen LogP contribution in [0.4, 0.5) is 26.4 Å². The molecular weight excluding hydrogens is 449 g/mol. The number of nitrogens with zero attached hydrogens (tertiary/aromatic N) is 2. The number of hydrogen-bond donors (Lipinski definition) is 3. The summed E-state index contributed by atoms with van der Waals surface area (Å²) < 4.78 is 16.3. The molecule has 8 nitrogen and oxygen atoms in total. The van der Waals surface area contributed by atoms with Crippen molar-refractivity contribution in [2.45, 2.75) is 27.3 Å². The van der Waals surface area contributed by atoms with Gasteiger partial charge in [-0.05, 0) is 55.3 Å². The van der Waals surface area contributed by atoms with Crippen LogP contribution in [0.15, 0.2) is 65.6 Å². The maximum Gasteiger partial charge on any atom is 0.323 e. The molecular formula is C26H24FN5O3. The van der Waals surface area contributed by atoms with E-state index < -0.39 is 11.8 Å². The van der Waals surface area contributed by atoms with E-state index in [4.69, 9.17) is 0 Å². The quantitative estimate of drug-likeness (QED) is 0.374. The normalized spacial score (nSPS) is 10.7. The molecule has 0 aliphatic rings. The van der Waals surface area contributed by atoms with E-state index in [2.05, 4.69) is 20.9 Å². The third-order valence-electron chi connectivity index (χ3n) is 5.48. The van der Waals surface area contributed by atoms with E-state index in [9.17, 15) is 18.8 Å². The zero-order chi connectivity index (χ0) is 25.1. The Morgan fingerprint density at radius 1 is 1.00 bits per heavy atom. The summed E-state index contributed by atoms with van der Waals surface area (Å²) in [5, 5.41) is 8.46. The molecule has 0 saturated heterocycles. The van der Waals surface area contributed by atoms with E-state index in [1.54, 1.807) is 54.1 Å². The maximum atomic E-state index is 14.7. The van der Waals surface area contributed by atoms with Crippen LogP contribution in [0.2, 0.25) is 0 Å². The fraction of sp³-hybridized carbons (Fsp3) is 0.154. The molecule has 3 amide bonds. The van der Waals surface area contributed by atoms with Crippen LogP contribution in [-0.4, -0.2) is 21.5 Å². The molecule has 2 aromatic carbocycles. The highest BCUT2D eigenvalue weighted by Crippen LogP contribution is 2.29. The number of anilines is 3. The van der Waals surface area contributed by atoms with Gasteiger partial charge in [-0.25, -0.2) is 14.2 Å². The number of halogens is 1. The molecule has 9 heteroatoms. The molecule has 0 atom stereocenters. The predicted molar refractivity (Wildman–Crippen MR) is 135 cm³/mol. The number of urea groups is 1. The minimum Gasteiger partial charge on any atom is -0.311 e. The highest BCUT2D eigenvalue weighted by atomic mass is 19.1. The van der Waals surface area contributed by atoms with Crippen molar-refractivity contribution in [2.24, 2.45) is 0 Å². The van der Waals surface area contributed by atoms with Gasteiger partial charge in [0.25, 0.3) is 5.56 Å². The number of carbonyl (C=O) groups excluding carboxylic acids is 2. The number of benzene rings is 2. The Balaban J connectivity index is 1.76. The van der Waals surface area contributed by atoms with Crippen molar-refractivity contribution in [3.05, 3.63) is 82.5 Å². The monoisotopic (exact) mass is 473 g/mol. The van der Waals surface area contributed by atoms with Crippen molar-refractivity contribution in [3.63, 3.8) is 0 Å². The Kier molecular flexibility index (Phi) is 6.59. The molecule has 0 aliphatic carbocycles. The lowest BCUT2D eigenvalue weighted by molar-refractivity contribution is -0.114. The summed E-state index contributed by atoms with van der Waals surface area (Å²) in [6.45, 7) is 5.29. The average molecular weight is 474 g/mol. The van der Waals surface area contributed by atoms with Gasteiger partial charge in [0.15, 0.2) is 0 Å². The van der Waals surface area contributed by atoms with Gasteiger partial charge in [-0.2, -0.15) is 0 Å². The molecule has 35 heavy (non-hydrogen) atoms. The molecule has 4 rings (SSSR count). The first-order valence-electron chi connectivity index (χ1n) is 11.0. The van der Waals surface area contributed by atoms with Crippen LogP contribution >= 0.6 is 0 Å². The highest BCUT2D eigenvalue weighted by molar-refractivity contribution is 6.00. The summed E-state index contributed by atoms with van der Waals surface area (Å²) in [5.74, 6) is -0.543. The molecule has 2 aromatic heterocycles. The molecule has 3 N–H and O–H groups in total. The van der Waals surface area contributed by atoms with Gasteiger partial charge >= 0.3 is 6.03 Å². The molecule has 0 saturated carbocycles. The summed E-state index contributed by atoms with van der Waals surface area (Å²) in [7, 11) is 0. The van der Waals surface area contributed by atoms with Crippen molar-refractivity contribution in [1.29, 1.82) is 0 Å². The van der Waals surface area contributed by atoms with Crippen LogP contribution in [0.3, 0.4) is 0 Å². The van der Waals surface area contributed by atoms with Crippen LogP contribution in [0.25, 0.3) is 22.0 Å². The Morgan fingerprint density at radius 3 is 2.43 bits per heavy atom. The zero-order valence-electron chi connectivity index (χ0n) is 19.5. The maximum absolute atomic E-state index is 14.7. The molecule has 0 spiro atoms. The largest absolute Gasteiger partial charge is 0.323 e. The second-order valence-corrected chi connectivity index (χ2v) is 8.01. The number of hydrogen-bond acceptors (Lipinski definition) is 4. The van der Waals surface area contributed by atoms with Crippen LogP contribution in [0.1, 0.15) is 19.4 Å². The number of nitrogens with one attached hydrogen (secondary N) is 3. The third kappa shape index (κ3) is 5.03. The molecule has 2 heterocycles. The predicted octanol–water partition coefficient (Wildman–Crippen LogP) is 5.13. The Hall–Kier alpha value is -4.53. The van der Waals surface area contributed by atoms with E-state index >= 15 is 0 Å². The van der Waals surface area contributed by atoms with Crippen LogP contribution < -0.4 is 21.5 Å². The topological polar surface area (TPSA) is 105 Å². The van der Waals surface area contributed by atoms with Crippen molar-refractivity contribution in [1.82, 2.24) is 9.55 Å². The standard InChI is InChI=1S/C26H24FN5O3/c1-4-32-23-13-24(29-16(3)33)28-14-17(23)11-20(25(32)34)19-12-22(21(27)10-15(19)2)31-26(35)30-18-8-6-5-7-9-18/h5-14H,4H2,1-3H3,(H,28,29,33)(H2,30,31,35). The minimum absolute atomic E-state index is 0.0549. The molecule has 0 radical (unpaired) electrons. The average Bonchev–Trinajstić information content (AvgIpc) is 2.81. The van der Waals surface area contributed by atoms with E-state index in [1.807, 2.05) is 13.0 Å². The second-order valence-electron chi connectivity index (χ2n) is 8.01. The van der Waals surface area contributed by atoms with Gasteiger partial charge in [0.05, 0.1) is 11.2 Å². The fourth-order valence-corrected chi connectivity index (χ4v) is 3.89. The van der Waals surface area contributed by atoms with Gasteiger partial charge in [-0.15, -0.1) is 0 Å². The fourth-order valence-electron chi connectivity index (χ4n) is 3.89. The van der Waals surface area contributed by atoms with E-state index in [1.165, 1.54) is 19.1 Å². The van der Waals surface area contributed by atoms with Gasteiger partial charge in [0, 0.05) is 42.4 Å². The van der Waals surface area contributed by atoms with E-state index in [0.29, 0.717) is 45.6 Å². The van der Waals surface area contributed by atoms with Crippen molar-refractivity contribution < 1.29 is 14.0 Å². The summed E-state index contributed by atoms with van der Waals surface area (Å²) in [4.78, 5) is 41.5. The SMILES string of the molecule is CCn1c(=O)c(-c2cc(NC(=O)Nc3ccccc3)c(F)cc2C)cc2cnc(NC(C)=O)cc21. The lowest BCUT2D eigenvalue weighted by atomic mass is 9.99. The molecule has 0 unspecified atom stereocenters. The number of para-hydroxylation sites is 1. The number of aromatic nitrogens is 2. The lowest BCUT2D eigenvalue weighted by Gasteiger charge is -2.15. The van der Waals surface area contributed by atoms with Crippen LogP contribution in [0.5, 0.6) is 0 Å². The smallest absolute Gasteiger partial charge is 0.311 e. The summed E-state index contributed by atoms with van der Waals surface area (Å²) in [6.07, 6.45) is 1.57. The molecule has 4 aromatic rings. The van der Waals surface area contributed by atoms with Crippen LogP contribution in [-0.2, 0) is 11.3 Å².